The Morgan fingerprint density at radius 2 is 0.941 bits per heavy atom. The van der Waals surface area contributed by atoms with Crippen LogP contribution in [0.1, 0.15) is 76.7 Å². The summed E-state index contributed by atoms with van der Waals surface area (Å²) >= 11 is 0. The molecule has 5 aromatic rings. The Labute approximate surface area is 205 Å². The fourth-order valence-corrected chi connectivity index (χ4v) is 5.59. The highest BCUT2D eigenvalue weighted by molar-refractivity contribution is 6.17. The van der Waals surface area contributed by atoms with E-state index in [4.69, 9.17) is 0 Å². The molecule has 5 rings (SSSR count). The summed E-state index contributed by atoms with van der Waals surface area (Å²) in [5.74, 6) is 0. The highest BCUT2D eigenvalue weighted by atomic mass is 14.1. The van der Waals surface area contributed by atoms with Crippen LogP contribution >= 0.6 is 0 Å². The van der Waals surface area contributed by atoms with Crippen LogP contribution in [0.15, 0.2) is 78.9 Å². The highest BCUT2D eigenvalue weighted by Gasteiger charge is 2.07. The largest absolute Gasteiger partial charge is 0.0654 e. The van der Waals surface area contributed by atoms with Crippen molar-refractivity contribution in [3.63, 3.8) is 0 Å². The lowest BCUT2D eigenvalue weighted by atomic mass is 9.94. The van der Waals surface area contributed by atoms with Gasteiger partial charge in [-0.3, -0.25) is 0 Å². The molecule has 0 unspecified atom stereocenters. The predicted octanol–water partition coefficient (Wildman–Crippen LogP) is 10.8. The van der Waals surface area contributed by atoms with Gasteiger partial charge in [-0.25, -0.2) is 0 Å². The Morgan fingerprint density at radius 1 is 0.412 bits per heavy atom. The smallest absolute Gasteiger partial charge is 0.00990 e. The molecule has 34 heavy (non-hydrogen) atoms. The van der Waals surface area contributed by atoms with E-state index in [0.29, 0.717) is 0 Å². The van der Waals surface area contributed by atoms with Gasteiger partial charge in [-0.1, -0.05) is 131 Å². The fraction of sp³-hybridized carbons (Fsp3) is 0.353. The molecule has 0 bridgehead atoms. The molecule has 0 saturated carbocycles. The second-order valence-corrected chi connectivity index (χ2v) is 10.1. The van der Waals surface area contributed by atoms with E-state index in [9.17, 15) is 0 Å². The molecule has 0 atom stereocenters. The molecular weight excluding hydrogens is 408 g/mol. The average Bonchev–Trinajstić information content (AvgIpc) is 2.88. The number of unbranched alkanes of at least 4 members (excludes halogenated alkanes) is 9. The first kappa shape index (κ1) is 22.9. The molecule has 0 spiro atoms. The summed E-state index contributed by atoms with van der Waals surface area (Å²) in [5, 5.41) is 10.8. The average molecular weight is 447 g/mol. The summed E-state index contributed by atoms with van der Waals surface area (Å²) in [7, 11) is 0. The first-order valence-electron chi connectivity index (χ1n) is 13.6. The lowest BCUT2D eigenvalue weighted by Gasteiger charge is -2.10. The van der Waals surface area contributed by atoms with Gasteiger partial charge >= 0.3 is 0 Å². The molecule has 0 aromatic heterocycles. The number of hydrogen-bond acceptors (Lipinski definition) is 0. The lowest BCUT2D eigenvalue weighted by Crippen LogP contribution is -1.88. The maximum atomic E-state index is 2.42. The molecule has 0 amide bonds. The molecule has 0 heterocycles. The van der Waals surface area contributed by atoms with Gasteiger partial charge in [0, 0.05) is 0 Å². The number of benzene rings is 5. The maximum absolute atomic E-state index is 2.42. The summed E-state index contributed by atoms with van der Waals surface area (Å²) in [6, 6.07) is 29.8. The van der Waals surface area contributed by atoms with Crippen molar-refractivity contribution in [2.24, 2.45) is 0 Å². The fourth-order valence-electron chi connectivity index (χ4n) is 5.59. The Bertz CT molecular complexity index is 1390. The Kier molecular flexibility index (Phi) is 7.44. The SMILES string of the molecule is CCCCCCCCCCCCc1ccc2c(ccc3cc4c(ccc5ccccc54)cc32)c1. The molecule has 0 aliphatic rings. The van der Waals surface area contributed by atoms with Crippen LogP contribution in [-0.4, -0.2) is 0 Å². The van der Waals surface area contributed by atoms with Crippen LogP contribution in [0, 0.1) is 0 Å². The minimum Gasteiger partial charge on any atom is -0.0654 e. The van der Waals surface area contributed by atoms with E-state index in [-0.39, 0.29) is 0 Å². The normalized spacial score (nSPS) is 11.8. The molecular formula is C34H38. The van der Waals surface area contributed by atoms with Crippen LogP contribution in [0.25, 0.3) is 43.1 Å². The van der Waals surface area contributed by atoms with Crippen LogP contribution in [0.3, 0.4) is 0 Å². The first-order chi connectivity index (χ1) is 16.8. The van der Waals surface area contributed by atoms with Crippen molar-refractivity contribution in [3.8, 4) is 0 Å². The van der Waals surface area contributed by atoms with Crippen LogP contribution in [0.2, 0.25) is 0 Å². The summed E-state index contributed by atoms with van der Waals surface area (Å²) in [5.41, 5.74) is 1.48. The standard InChI is InChI=1S/C34H38/c1-2-3-4-5-6-7-8-9-10-11-14-26-17-22-32-28(23-26)20-21-30-24-33-29(25-34(30)32)19-18-27-15-12-13-16-31(27)33/h12-13,15-25H,2-11,14H2,1H3. The summed E-state index contributed by atoms with van der Waals surface area (Å²) in [4.78, 5) is 0. The van der Waals surface area contributed by atoms with Gasteiger partial charge in [0.05, 0.1) is 0 Å². The van der Waals surface area contributed by atoms with E-state index >= 15 is 0 Å². The minimum atomic E-state index is 1.20. The number of hydrogen-bond donors (Lipinski definition) is 0. The van der Waals surface area contributed by atoms with E-state index in [1.54, 1.807) is 0 Å². The molecule has 0 saturated heterocycles. The van der Waals surface area contributed by atoms with Crippen molar-refractivity contribution in [2.45, 2.75) is 77.6 Å². The third-order valence-electron chi connectivity index (χ3n) is 7.58. The number of rotatable bonds is 11. The van der Waals surface area contributed by atoms with Crippen molar-refractivity contribution >= 4 is 43.1 Å². The lowest BCUT2D eigenvalue weighted by molar-refractivity contribution is 0.556. The van der Waals surface area contributed by atoms with Gasteiger partial charge in [0.25, 0.3) is 0 Å². The van der Waals surface area contributed by atoms with E-state index in [2.05, 4.69) is 85.8 Å². The summed E-state index contributed by atoms with van der Waals surface area (Å²) < 4.78 is 0. The van der Waals surface area contributed by atoms with E-state index in [1.165, 1.54) is 119 Å². The minimum absolute atomic E-state index is 1.20. The summed E-state index contributed by atoms with van der Waals surface area (Å²) in [6.07, 6.45) is 15.2. The molecule has 0 fully saturated rings. The van der Waals surface area contributed by atoms with Crippen LogP contribution in [0.5, 0.6) is 0 Å². The molecule has 0 radical (unpaired) electrons. The zero-order valence-corrected chi connectivity index (χ0v) is 20.8. The zero-order chi connectivity index (χ0) is 23.2. The maximum Gasteiger partial charge on any atom is -0.00990 e. The number of aryl methyl sites for hydroxylation is 1. The highest BCUT2D eigenvalue weighted by Crippen LogP contribution is 2.33. The van der Waals surface area contributed by atoms with Crippen molar-refractivity contribution in [1.29, 1.82) is 0 Å². The van der Waals surface area contributed by atoms with Crippen molar-refractivity contribution in [2.75, 3.05) is 0 Å². The Balaban J connectivity index is 1.25. The molecule has 0 N–H and O–H groups in total. The van der Waals surface area contributed by atoms with Gasteiger partial charge in [0.2, 0.25) is 0 Å². The summed E-state index contributed by atoms with van der Waals surface area (Å²) in [6.45, 7) is 2.29. The molecule has 0 aliphatic carbocycles. The van der Waals surface area contributed by atoms with Crippen molar-refractivity contribution < 1.29 is 0 Å². The second kappa shape index (κ2) is 11.0. The van der Waals surface area contributed by atoms with Gasteiger partial charge in [0.1, 0.15) is 0 Å². The Hall–Kier alpha value is -2.86. The second-order valence-electron chi connectivity index (χ2n) is 10.1. The van der Waals surface area contributed by atoms with Crippen LogP contribution < -0.4 is 0 Å². The van der Waals surface area contributed by atoms with E-state index in [1.807, 2.05) is 0 Å². The van der Waals surface area contributed by atoms with Gasteiger partial charge in [-0.2, -0.15) is 0 Å². The van der Waals surface area contributed by atoms with E-state index < -0.39 is 0 Å². The third-order valence-corrected chi connectivity index (χ3v) is 7.58. The zero-order valence-electron chi connectivity index (χ0n) is 20.8. The Morgan fingerprint density at radius 3 is 1.62 bits per heavy atom. The first-order valence-corrected chi connectivity index (χ1v) is 13.6. The topological polar surface area (TPSA) is 0 Å². The number of fused-ring (bicyclic) bond motifs is 6. The third kappa shape index (κ3) is 5.12. The van der Waals surface area contributed by atoms with Gasteiger partial charge < -0.3 is 0 Å². The monoisotopic (exact) mass is 446 g/mol. The van der Waals surface area contributed by atoms with Gasteiger partial charge in [0.15, 0.2) is 0 Å². The molecule has 0 aliphatic heterocycles. The molecule has 0 nitrogen and oxygen atoms in total. The van der Waals surface area contributed by atoms with Crippen molar-refractivity contribution in [1.82, 2.24) is 0 Å². The molecule has 174 valence electrons. The van der Waals surface area contributed by atoms with E-state index in [0.717, 1.165) is 0 Å². The van der Waals surface area contributed by atoms with Crippen LogP contribution in [0.4, 0.5) is 0 Å². The predicted molar refractivity (Wildman–Crippen MR) is 152 cm³/mol. The van der Waals surface area contributed by atoms with Gasteiger partial charge in [-0.15, -0.1) is 0 Å². The van der Waals surface area contributed by atoms with Crippen molar-refractivity contribution in [3.05, 3.63) is 84.4 Å². The van der Waals surface area contributed by atoms with Gasteiger partial charge in [-0.05, 0) is 73.6 Å². The quantitative estimate of drug-likeness (QED) is 0.107. The van der Waals surface area contributed by atoms with Crippen LogP contribution in [-0.2, 0) is 6.42 Å². The molecule has 5 aromatic carbocycles. The molecule has 0 heteroatoms.